The molecule has 118 valence electrons. The maximum absolute atomic E-state index is 12.3. The topological polar surface area (TPSA) is 62.6 Å². The minimum Gasteiger partial charge on any atom is -0.465 e. The van der Waals surface area contributed by atoms with Crippen LogP contribution in [-0.4, -0.2) is 33.1 Å². The van der Waals surface area contributed by atoms with E-state index in [-0.39, 0.29) is 30.3 Å². The second-order valence-electron chi connectivity index (χ2n) is 5.90. The Morgan fingerprint density at radius 2 is 2.23 bits per heavy atom. The van der Waals surface area contributed by atoms with E-state index in [0.717, 1.165) is 0 Å². The first kappa shape index (κ1) is 16.8. The van der Waals surface area contributed by atoms with E-state index in [1.165, 1.54) is 16.7 Å². The average Bonchev–Trinajstić information content (AvgIpc) is 2.96. The third-order valence-corrected chi connectivity index (χ3v) is 4.14. The highest BCUT2D eigenvalue weighted by Crippen LogP contribution is 2.32. The van der Waals surface area contributed by atoms with E-state index < -0.39 is 0 Å². The van der Waals surface area contributed by atoms with Gasteiger partial charge in [0.25, 0.3) is 5.91 Å². The van der Waals surface area contributed by atoms with Gasteiger partial charge in [-0.2, -0.15) is 0 Å². The molecule has 7 heteroatoms. The summed E-state index contributed by atoms with van der Waals surface area (Å²) in [5.41, 5.74) is -0.286. The van der Waals surface area contributed by atoms with Gasteiger partial charge in [-0.25, -0.2) is 0 Å². The molecule has 5 nitrogen and oxygen atoms in total. The van der Waals surface area contributed by atoms with E-state index in [0.29, 0.717) is 15.0 Å². The lowest BCUT2D eigenvalue weighted by molar-refractivity contribution is -0.124. The molecule has 2 amide bonds. The van der Waals surface area contributed by atoms with Crippen LogP contribution in [0.4, 0.5) is 0 Å². The van der Waals surface area contributed by atoms with Crippen LogP contribution in [0.25, 0.3) is 6.08 Å². The quantitative estimate of drug-likeness (QED) is 0.676. The largest absolute Gasteiger partial charge is 0.465 e. The number of thiocarbonyl (C=S) groups is 1. The number of furan rings is 1. The third kappa shape index (κ3) is 4.45. The molecule has 22 heavy (non-hydrogen) atoms. The van der Waals surface area contributed by atoms with Gasteiger partial charge in [0, 0.05) is 24.6 Å². The van der Waals surface area contributed by atoms with Crippen molar-refractivity contribution in [1.29, 1.82) is 0 Å². The molecule has 0 aliphatic carbocycles. The molecule has 1 aliphatic rings. The molecular weight excluding hydrogens is 320 g/mol. The summed E-state index contributed by atoms with van der Waals surface area (Å²) in [6.45, 7) is 6.02. The zero-order chi connectivity index (χ0) is 16.3. The SMILES string of the molecule is CC(C)(C)NC(=O)CCN1C(=O)C(=Cc2ccco2)SC1=S. The fourth-order valence-electron chi connectivity index (χ4n) is 1.89. The molecule has 0 radical (unpaired) electrons. The summed E-state index contributed by atoms with van der Waals surface area (Å²) in [6, 6.07) is 3.52. The minimum absolute atomic E-state index is 0.100. The van der Waals surface area contributed by atoms with E-state index in [1.807, 2.05) is 20.8 Å². The second kappa shape index (κ2) is 6.66. The molecule has 1 N–H and O–H groups in total. The molecule has 0 saturated carbocycles. The van der Waals surface area contributed by atoms with Crippen molar-refractivity contribution in [3.05, 3.63) is 29.1 Å². The van der Waals surface area contributed by atoms with Crippen LogP contribution in [0.3, 0.4) is 0 Å². The van der Waals surface area contributed by atoms with Crippen LogP contribution in [0.2, 0.25) is 0 Å². The number of nitrogens with zero attached hydrogens (tertiary/aromatic N) is 1. The molecular formula is C15H18N2O3S2. The molecule has 2 heterocycles. The van der Waals surface area contributed by atoms with Gasteiger partial charge in [0.15, 0.2) is 0 Å². The van der Waals surface area contributed by atoms with Crippen molar-refractivity contribution in [3.63, 3.8) is 0 Å². The molecule has 0 atom stereocenters. The van der Waals surface area contributed by atoms with Gasteiger partial charge in [0.1, 0.15) is 10.1 Å². The van der Waals surface area contributed by atoms with Crippen molar-refractivity contribution in [2.45, 2.75) is 32.7 Å². The number of amides is 2. The van der Waals surface area contributed by atoms with Crippen LogP contribution in [0.1, 0.15) is 33.0 Å². The van der Waals surface area contributed by atoms with Gasteiger partial charge >= 0.3 is 0 Å². The standard InChI is InChI=1S/C15H18N2O3S2/c1-15(2,3)16-12(18)6-7-17-13(19)11(22-14(17)21)9-10-5-4-8-20-10/h4-5,8-9H,6-7H2,1-3H3,(H,16,18). The Kier molecular flexibility index (Phi) is 5.08. The smallest absolute Gasteiger partial charge is 0.266 e. The fourth-order valence-corrected chi connectivity index (χ4v) is 3.18. The van der Waals surface area contributed by atoms with Gasteiger partial charge in [-0.05, 0) is 32.9 Å². The summed E-state index contributed by atoms with van der Waals surface area (Å²) < 4.78 is 5.66. The predicted octanol–water partition coefficient (Wildman–Crippen LogP) is 2.79. The molecule has 1 aromatic heterocycles. The van der Waals surface area contributed by atoms with Crippen LogP contribution in [-0.2, 0) is 9.59 Å². The van der Waals surface area contributed by atoms with Gasteiger partial charge < -0.3 is 9.73 Å². The maximum Gasteiger partial charge on any atom is 0.266 e. The number of rotatable bonds is 4. The molecule has 0 spiro atoms. The van der Waals surface area contributed by atoms with Crippen LogP contribution in [0.5, 0.6) is 0 Å². The van der Waals surface area contributed by atoms with Gasteiger partial charge in [0.05, 0.1) is 11.2 Å². The lowest BCUT2D eigenvalue weighted by Gasteiger charge is -2.21. The maximum atomic E-state index is 12.3. The average molecular weight is 338 g/mol. The summed E-state index contributed by atoms with van der Waals surface area (Å²) in [4.78, 5) is 26.1. The summed E-state index contributed by atoms with van der Waals surface area (Å²) in [7, 11) is 0. The molecule has 1 aliphatic heterocycles. The van der Waals surface area contributed by atoms with E-state index >= 15 is 0 Å². The Morgan fingerprint density at radius 1 is 1.50 bits per heavy atom. The lowest BCUT2D eigenvalue weighted by Crippen LogP contribution is -2.42. The van der Waals surface area contributed by atoms with Crippen molar-refractivity contribution in [3.8, 4) is 0 Å². The summed E-state index contributed by atoms with van der Waals surface area (Å²) in [5, 5.41) is 2.86. The number of hydrogen-bond acceptors (Lipinski definition) is 5. The molecule has 1 fully saturated rings. The second-order valence-corrected chi connectivity index (χ2v) is 7.57. The fraction of sp³-hybridized carbons (Fsp3) is 0.400. The normalized spacial score (nSPS) is 17.4. The summed E-state index contributed by atoms with van der Waals surface area (Å²) >= 11 is 6.44. The van der Waals surface area contributed by atoms with Crippen molar-refractivity contribution in [1.82, 2.24) is 10.2 Å². The monoisotopic (exact) mass is 338 g/mol. The van der Waals surface area contributed by atoms with Crippen molar-refractivity contribution in [2.75, 3.05) is 6.54 Å². The Bertz CT molecular complexity index is 615. The van der Waals surface area contributed by atoms with Crippen LogP contribution in [0.15, 0.2) is 27.7 Å². The first-order valence-corrected chi connectivity index (χ1v) is 8.08. The highest BCUT2D eigenvalue weighted by molar-refractivity contribution is 8.26. The molecule has 1 aromatic rings. The summed E-state index contributed by atoms with van der Waals surface area (Å²) in [6.07, 6.45) is 3.43. The highest BCUT2D eigenvalue weighted by Gasteiger charge is 2.32. The number of hydrogen-bond donors (Lipinski definition) is 1. The Hall–Kier alpha value is -1.60. The van der Waals surface area contributed by atoms with E-state index in [2.05, 4.69) is 5.32 Å². The lowest BCUT2D eigenvalue weighted by atomic mass is 10.1. The molecule has 0 aromatic carbocycles. The van der Waals surface area contributed by atoms with Crippen molar-refractivity contribution in [2.24, 2.45) is 0 Å². The Labute approximate surface area is 139 Å². The summed E-state index contributed by atoms with van der Waals surface area (Å²) in [5.74, 6) is 0.317. The number of carbonyl (C=O) groups is 2. The van der Waals surface area contributed by atoms with Crippen molar-refractivity contribution >= 4 is 46.2 Å². The number of carbonyl (C=O) groups excluding carboxylic acids is 2. The van der Waals surface area contributed by atoms with Gasteiger partial charge in [0.2, 0.25) is 5.91 Å². The zero-order valence-electron chi connectivity index (χ0n) is 12.7. The minimum atomic E-state index is -0.286. The number of thioether (sulfide) groups is 1. The van der Waals surface area contributed by atoms with E-state index in [9.17, 15) is 9.59 Å². The van der Waals surface area contributed by atoms with Crippen LogP contribution < -0.4 is 5.32 Å². The van der Waals surface area contributed by atoms with Gasteiger partial charge in [-0.1, -0.05) is 24.0 Å². The molecule has 2 rings (SSSR count). The van der Waals surface area contributed by atoms with Crippen LogP contribution in [0, 0.1) is 0 Å². The number of nitrogens with one attached hydrogen (secondary N) is 1. The predicted molar refractivity (Wildman–Crippen MR) is 91.1 cm³/mol. The molecule has 1 saturated heterocycles. The van der Waals surface area contributed by atoms with Gasteiger partial charge in [-0.15, -0.1) is 0 Å². The van der Waals surface area contributed by atoms with Crippen molar-refractivity contribution < 1.29 is 14.0 Å². The third-order valence-electron chi connectivity index (χ3n) is 2.77. The Morgan fingerprint density at radius 3 is 2.82 bits per heavy atom. The Balaban J connectivity index is 1.97. The molecule has 0 bridgehead atoms. The van der Waals surface area contributed by atoms with Gasteiger partial charge in [-0.3, -0.25) is 14.5 Å². The molecule has 0 unspecified atom stereocenters. The first-order valence-electron chi connectivity index (χ1n) is 6.86. The van der Waals surface area contributed by atoms with E-state index in [4.69, 9.17) is 16.6 Å². The highest BCUT2D eigenvalue weighted by atomic mass is 32.2. The zero-order valence-corrected chi connectivity index (χ0v) is 14.3. The van der Waals surface area contributed by atoms with Crippen LogP contribution >= 0.6 is 24.0 Å². The van der Waals surface area contributed by atoms with E-state index in [1.54, 1.807) is 24.5 Å². The first-order chi connectivity index (χ1) is 10.3.